The molecule has 234 valence electrons. The minimum absolute atomic E-state index is 0.138. The third-order valence-corrected chi connectivity index (χ3v) is 7.38. The summed E-state index contributed by atoms with van der Waals surface area (Å²) in [6.07, 6.45) is 4.06. The van der Waals surface area contributed by atoms with E-state index in [0.29, 0.717) is 38.6 Å². The molecular formula is C29H51N5O7. The van der Waals surface area contributed by atoms with Crippen LogP contribution in [0.5, 0.6) is 0 Å². The van der Waals surface area contributed by atoms with Gasteiger partial charge in [-0.25, -0.2) is 9.59 Å². The molecule has 2 fully saturated rings. The lowest BCUT2D eigenvalue weighted by molar-refractivity contribution is -0.148. The van der Waals surface area contributed by atoms with Crippen LogP contribution in [0.2, 0.25) is 0 Å². The Morgan fingerprint density at radius 3 is 2.15 bits per heavy atom. The normalized spacial score (nSPS) is 20.2. The summed E-state index contributed by atoms with van der Waals surface area (Å²) in [5, 5.41) is 8.52. The molecule has 12 heteroatoms. The largest absolute Gasteiger partial charge is 0.467 e. The van der Waals surface area contributed by atoms with Gasteiger partial charge in [0.25, 0.3) is 0 Å². The van der Waals surface area contributed by atoms with Crippen molar-refractivity contribution >= 4 is 29.8 Å². The molecule has 0 aromatic rings. The van der Waals surface area contributed by atoms with Gasteiger partial charge in [-0.2, -0.15) is 0 Å². The van der Waals surface area contributed by atoms with Crippen LogP contribution in [-0.4, -0.2) is 103 Å². The Bertz CT molecular complexity index is 940. The van der Waals surface area contributed by atoms with Gasteiger partial charge >= 0.3 is 12.1 Å². The van der Waals surface area contributed by atoms with E-state index in [9.17, 15) is 24.0 Å². The molecule has 2 aliphatic rings. The molecule has 0 radical (unpaired) electrons. The van der Waals surface area contributed by atoms with E-state index in [1.54, 1.807) is 39.8 Å². The summed E-state index contributed by atoms with van der Waals surface area (Å²) in [5.41, 5.74) is -1.92. The molecule has 0 bridgehead atoms. The summed E-state index contributed by atoms with van der Waals surface area (Å²) >= 11 is 0. The maximum Gasteiger partial charge on any atom is 0.408 e. The Morgan fingerprint density at radius 1 is 0.976 bits per heavy atom. The van der Waals surface area contributed by atoms with E-state index < -0.39 is 53.1 Å². The predicted molar refractivity (Wildman–Crippen MR) is 154 cm³/mol. The molecule has 1 heterocycles. The molecule has 0 aromatic carbocycles. The van der Waals surface area contributed by atoms with Crippen molar-refractivity contribution in [2.24, 2.45) is 5.92 Å². The fourth-order valence-electron chi connectivity index (χ4n) is 5.51. The van der Waals surface area contributed by atoms with E-state index in [1.807, 2.05) is 13.8 Å². The van der Waals surface area contributed by atoms with Crippen molar-refractivity contribution in [1.82, 2.24) is 25.8 Å². The fraction of sp³-hybridized carbons (Fsp3) is 0.828. The second-order valence-corrected chi connectivity index (χ2v) is 13.0. The summed E-state index contributed by atoms with van der Waals surface area (Å²) in [4.78, 5) is 69.3. The quantitative estimate of drug-likeness (QED) is 0.314. The van der Waals surface area contributed by atoms with Crippen molar-refractivity contribution in [3.05, 3.63) is 0 Å². The minimum Gasteiger partial charge on any atom is -0.467 e. The van der Waals surface area contributed by atoms with Crippen LogP contribution in [0.1, 0.15) is 86.0 Å². The topological polar surface area (TPSA) is 146 Å². The van der Waals surface area contributed by atoms with Crippen LogP contribution < -0.4 is 16.0 Å². The highest BCUT2D eigenvalue weighted by Gasteiger charge is 2.46. The first kappa shape index (κ1) is 34.3. The van der Waals surface area contributed by atoms with Gasteiger partial charge in [0.1, 0.15) is 29.3 Å². The zero-order valence-corrected chi connectivity index (χ0v) is 26.1. The summed E-state index contributed by atoms with van der Waals surface area (Å²) in [7, 11) is 4.86. The second-order valence-electron chi connectivity index (χ2n) is 13.0. The summed E-state index contributed by atoms with van der Waals surface area (Å²) in [6.45, 7) is 9.70. The number of nitrogens with one attached hydrogen (secondary N) is 3. The number of amides is 4. The monoisotopic (exact) mass is 581 g/mol. The number of ether oxygens (including phenoxy) is 2. The Hall–Kier alpha value is -2.89. The summed E-state index contributed by atoms with van der Waals surface area (Å²) in [5.74, 6) is -1.59. The van der Waals surface area contributed by atoms with Gasteiger partial charge in [0, 0.05) is 13.1 Å². The predicted octanol–water partition coefficient (Wildman–Crippen LogP) is 1.96. The number of hydrogen-bond acceptors (Lipinski definition) is 8. The highest BCUT2D eigenvalue weighted by molar-refractivity contribution is 5.97. The standard InChI is InChI=1S/C29H51N5O7/c1-19(2)17-20(25(37)40-8)30-26(38)29(14-10-9-11-15-29)32-23(35)22-13-12-16-34(22)24(36)21(18-33(6)7)31-27(39)41-28(3,4)5/h19-22H,9-18H2,1-8H3,(H,30,38)(H,31,39)(H,32,35)/t20-,21-,22+/m0/s1. The number of likely N-dealkylation sites (tertiary alicyclic amines) is 1. The minimum atomic E-state index is -1.19. The van der Waals surface area contributed by atoms with E-state index in [2.05, 4.69) is 16.0 Å². The van der Waals surface area contributed by atoms with Crippen molar-refractivity contribution < 1.29 is 33.4 Å². The van der Waals surface area contributed by atoms with Crippen molar-refractivity contribution in [1.29, 1.82) is 0 Å². The number of alkyl carbamates (subject to hydrolysis) is 1. The number of likely N-dealkylation sites (N-methyl/N-ethyl adjacent to an activating group) is 1. The van der Waals surface area contributed by atoms with Gasteiger partial charge in [0.15, 0.2) is 0 Å². The molecule has 1 saturated carbocycles. The molecule has 0 aromatic heterocycles. The van der Waals surface area contributed by atoms with Gasteiger partial charge in [-0.15, -0.1) is 0 Å². The van der Waals surface area contributed by atoms with Gasteiger partial charge in [-0.3, -0.25) is 14.4 Å². The van der Waals surface area contributed by atoms with Gasteiger partial charge in [0.2, 0.25) is 17.7 Å². The van der Waals surface area contributed by atoms with E-state index in [0.717, 1.165) is 19.3 Å². The number of methoxy groups -OCH3 is 1. The van der Waals surface area contributed by atoms with E-state index in [4.69, 9.17) is 9.47 Å². The van der Waals surface area contributed by atoms with Crippen LogP contribution in [-0.2, 0) is 28.7 Å². The van der Waals surface area contributed by atoms with Crippen molar-refractivity contribution in [2.45, 2.75) is 115 Å². The number of esters is 1. The van der Waals surface area contributed by atoms with Crippen LogP contribution in [0.4, 0.5) is 4.79 Å². The van der Waals surface area contributed by atoms with Gasteiger partial charge in [0.05, 0.1) is 7.11 Å². The maximum atomic E-state index is 13.7. The molecule has 1 aliphatic heterocycles. The van der Waals surface area contributed by atoms with Crippen LogP contribution in [0, 0.1) is 5.92 Å². The zero-order valence-electron chi connectivity index (χ0n) is 26.1. The van der Waals surface area contributed by atoms with Crippen molar-refractivity contribution in [3.63, 3.8) is 0 Å². The number of hydrogen-bond donors (Lipinski definition) is 3. The Balaban J connectivity index is 2.23. The molecule has 1 saturated heterocycles. The van der Waals surface area contributed by atoms with Crippen molar-refractivity contribution in [2.75, 3.05) is 34.3 Å². The maximum absolute atomic E-state index is 13.7. The molecule has 12 nitrogen and oxygen atoms in total. The van der Waals surface area contributed by atoms with E-state index in [-0.39, 0.29) is 18.4 Å². The molecule has 41 heavy (non-hydrogen) atoms. The molecule has 4 amide bonds. The Labute approximate surface area is 244 Å². The van der Waals surface area contributed by atoms with E-state index >= 15 is 0 Å². The average molecular weight is 582 g/mol. The first-order chi connectivity index (χ1) is 19.1. The number of carbonyl (C=O) groups excluding carboxylic acids is 5. The number of nitrogens with zero attached hydrogens (tertiary/aromatic N) is 2. The van der Waals surface area contributed by atoms with Gasteiger partial charge < -0.3 is 35.2 Å². The molecule has 2 rings (SSSR count). The molecule has 1 aliphatic carbocycles. The summed E-state index contributed by atoms with van der Waals surface area (Å²) in [6, 6.07) is -2.53. The highest BCUT2D eigenvalue weighted by Crippen LogP contribution is 2.30. The molecule has 0 unspecified atom stereocenters. The second kappa shape index (κ2) is 14.8. The van der Waals surface area contributed by atoms with Gasteiger partial charge in [-0.1, -0.05) is 33.1 Å². The van der Waals surface area contributed by atoms with Crippen LogP contribution in [0.25, 0.3) is 0 Å². The number of rotatable bonds is 11. The lowest BCUT2D eigenvalue weighted by atomic mass is 9.80. The highest BCUT2D eigenvalue weighted by atomic mass is 16.6. The van der Waals surface area contributed by atoms with Crippen LogP contribution >= 0.6 is 0 Å². The Kier molecular flexibility index (Phi) is 12.4. The fourth-order valence-corrected chi connectivity index (χ4v) is 5.51. The average Bonchev–Trinajstić information content (AvgIpc) is 3.36. The summed E-state index contributed by atoms with van der Waals surface area (Å²) < 4.78 is 10.3. The Morgan fingerprint density at radius 2 is 1.61 bits per heavy atom. The van der Waals surface area contributed by atoms with Gasteiger partial charge in [-0.05, 0) is 72.9 Å². The van der Waals surface area contributed by atoms with Crippen LogP contribution in [0.3, 0.4) is 0 Å². The third-order valence-electron chi connectivity index (χ3n) is 7.38. The lowest BCUT2D eigenvalue weighted by Crippen LogP contribution is -2.65. The third kappa shape index (κ3) is 10.2. The van der Waals surface area contributed by atoms with E-state index in [1.165, 1.54) is 12.0 Å². The smallest absolute Gasteiger partial charge is 0.408 e. The first-order valence-corrected chi connectivity index (χ1v) is 14.7. The molecular weight excluding hydrogens is 530 g/mol. The zero-order chi connectivity index (χ0) is 31.0. The number of carbonyl (C=O) groups is 5. The molecule has 0 spiro atoms. The lowest BCUT2D eigenvalue weighted by Gasteiger charge is -2.39. The SMILES string of the molecule is COC(=O)[C@H](CC(C)C)NC(=O)C1(NC(=O)[C@H]2CCCN2C(=O)[C@H](CN(C)C)NC(=O)OC(C)(C)C)CCCCC1. The van der Waals surface area contributed by atoms with Crippen molar-refractivity contribution in [3.8, 4) is 0 Å². The van der Waals surface area contributed by atoms with Crippen LogP contribution in [0.15, 0.2) is 0 Å². The molecule has 3 atom stereocenters. The molecule has 3 N–H and O–H groups in total. The first-order valence-electron chi connectivity index (χ1n) is 14.7.